The average Bonchev–Trinajstić information content (AvgIpc) is 2.73. The van der Waals surface area contributed by atoms with Crippen LogP contribution in [-0.2, 0) is 18.3 Å². The van der Waals surface area contributed by atoms with E-state index in [0.29, 0.717) is 0 Å². The second kappa shape index (κ2) is 7.05. The van der Waals surface area contributed by atoms with Crippen molar-refractivity contribution in [2.45, 2.75) is 31.5 Å². The first-order chi connectivity index (χ1) is 10.7. The van der Waals surface area contributed by atoms with Gasteiger partial charge in [-0.15, -0.1) is 0 Å². The monoisotopic (exact) mass is 351 g/mol. The Bertz CT molecular complexity index is 652. The Kier molecular flexibility index (Phi) is 5.53. The van der Waals surface area contributed by atoms with Gasteiger partial charge in [-0.2, -0.15) is 4.98 Å². The van der Waals surface area contributed by atoms with Gasteiger partial charge in [0.1, 0.15) is 24.1 Å². The van der Waals surface area contributed by atoms with E-state index in [1.165, 1.54) is 19.2 Å². The van der Waals surface area contributed by atoms with E-state index in [2.05, 4.69) is 14.0 Å². The zero-order valence-corrected chi connectivity index (χ0v) is 13.1. The number of phosphoric ester groups is 1. The quantitative estimate of drug-likeness (QED) is 0.447. The number of hydrogen-bond acceptors (Lipinski definition) is 9. The Morgan fingerprint density at radius 2 is 2.13 bits per heavy atom. The maximum Gasteiger partial charge on any atom is 0.472 e. The van der Waals surface area contributed by atoms with Crippen molar-refractivity contribution in [1.29, 1.82) is 0 Å². The Labute approximate surface area is 130 Å². The molecule has 12 heteroatoms. The maximum absolute atomic E-state index is 11.8. The van der Waals surface area contributed by atoms with Crippen LogP contribution in [0.15, 0.2) is 17.1 Å². The molecule has 1 aromatic rings. The molecule has 0 radical (unpaired) electrons. The molecule has 1 aromatic heterocycles. The highest BCUT2D eigenvalue weighted by Crippen LogP contribution is 2.44. The van der Waals surface area contributed by atoms with Gasteiger partial charge in [-0.25, -0.2) is 9.36 Å². The Balaban J connectivity index is 2.09. The van der Waals surface area contributed by atoms with E-state index in [0.717, 1.165) is 4.57 Å². The van der Waals surface area contributed by atoms with Gasteiger partial charge in [-0.3, -0.25) is 13.6 Å². The molecule has 2 rings (SSSR count). The third-order valence-corrected chi connectivity index (χ3v) is 4.22. The van der Waals surface area contributed by atoms with Gasteiger partial charge in [-0.05, 0) is 13.0 Å². The third kappa shape index (κ3) is 4.15. The van der Waals surface area contributed by atoms with Crippen molar-refractivity contribution in [3.05, 3.63) is 22.7 Å². The lowest BCUT2D eigenvalue weighted by molar-refractivity contribution is -0.0550. The molecule has 5 atom stereocenters. The number of nitrogens with zero attached hydrogens (tertiary/aromatic N) is 2. The van der Waals surface area contributed by atoms with Gasteiger partial charge in [0, 0.05) is 6.20 Å². The summed E-state index contributed by atoms with van der Waals surface area (Å²) in [5, 5.41) is 19.9. The van der Waals surface area contributed by atoms with Gasteiger partial charge < -0.3 is 25.6 Å². The van der Waals surface area contributed by atoms with E-state index in [9.17, 15) is 24.5 Å². The van der Waals surface area contributed by atoms with E-state index in [1.54, 1.807) is 0 Å². The molecular formula is C11H18N3O8P. The Morgan fingerprint density at radius 3 is 2.74 bits per heavy atom. The van der Waals surface area contributed by atoms with E-state index in [4.69, 9.17) is 10.5 Å². The fourth-order valence-corrected chi connectivity index (χ4v) is 2.82. The fourth-order valence-electron chi connectivity index (χ4n) is 2.08. The normalized spacial score (nSPS) is 30.3. The van der Waals surface area contributed by atoms with Crippen LogP contribution in [-0.4, -0.2) is 56.2 Å². The van der Waals surface area contributed by atoms with Crippen LogP contribution < -0.4 is 11.4 Å². The minimum absolute atomic E-state index is 0.00268. The second-order valence-electron chi connectivity index (χ2n) is 4.77. The van der Waals surface area contributed by atoms with Gasteiger partial charge in [0.05, 0.1) is 13.2 Å². The average molecular weight is 351 g/mol. The van der Waals surface area contributed by atoms with Crippen LogP contribution in [0, 0.1) is 0 Å². The SMILES string of the molecule is CCOP(=O)(O)OC[C@H]1O[C@@H](n2ccc(N)nc2=O)[C@@H](O)[C@@H]1O. The lowest BCUT2D eigenvalue weighted by atomic mass is 10.1. The molecule has 0 aromatic carbocycles. The molecule has 0 amide bonds. The molecule has 2 heterocycles. The number of anilines is 1. The van der Waals surface area contributed by atoms with E-state index in [-0.39, 0.29) is 12.4 Å². The minimum atomic E-state index is -4.27. The summed E-state index contributed by atoms with van der Waals surface area (Å²) in [4.78, 5) is 24.6. The molecular weight excluding hydrogens is 333 g/mol. The third-order valence-electron chi connectivity index (χ3n) is 3.16. The topological polar surface area (TPSA) is 166 Å². The molecule has 23 heavy (non-hydrogen) atoms. The molecule has 1 saturated heterocycles. The summed E-state index contributed by atoms with van der Waals surface area (Å²) >= 11 is 0. The maximum atomic E-state index is 11.8. The van der Waals surface area contributed by atoms with Crippen LogP contribution in [0.5, 0.6) is 0 Å². The number of nitrogens with two attached hydrogens (primary N) is 1. The highest BCUT2D eigenvalue weighted by Gasteiger charge is 2.45. The summed E-state index contributed by atoms with van der Waals surface area (Å²) in [7, 11) is -4.27. The summed E-state index contributed by atoms with van der Waals surface area (Å²) in [6, 6.07) is 1.32. The van der Waals surface area contributed by atoms with Crippen LogP contribution in [0.1, 0.15) is 13.2 Å². The lowest BCUT2D eigenvalue weighted by Crippen LogP contribution is -2.36. The van der Waals surface area contributed by atoms with Crippen LogP contribution >= 0.6 is 7.82 Å². The zero-order chi connectivity index (χ0) is 17.2. The second-order valence-corrected chi connectivity index (χ2v) is 6.22. The minimum Gasteiger partial charge on any atom is -0.387 e. The first kappa shape index (κ1) is 18.0. The molecule has 0 bridgehead atoms. The van der Waals surface area contributed by atoms with Crippen molar-refractivity contribution in [3.63, 3.8) is 0 Å². The van der Waals surface area contributed by atoms with Crippen LogP contribution in [0.4, 0.5) is 5.82 Å². The molecule has 0 aliphatic carbocycles. The molecule has 130 valence electrons. The first-order valence-electron chi connectivity index (χ1n) is 6.73. The molecule has 0 saturated carbocycles. The van der Waals surface area contributed by atoms with Crippen molar-refractivity contribution >= 4 is 13.6 Å². The van der Waals surface area contributed by atoms with Gasteiger partial charge in [0.25, 0.3) is 0 Å². The summed E-state index contributed by atoms with van der Waals surface area (Å²) in [6.45, 7) is 0.951. The van der Waals surface area contributed by atoms with Crippen LogP contribution in [0.25, 0.3) is 0 Å². The van der Waals surface area contributed by atoms with Crippen LogP contribution in [0.2, 0.25) is 0 Å². The predicted octanol–water partition coefficient (Wildman–Crippen LogP) is -1.40. The zero-order valence-electron chi connectivity index (χ0n) is 12.2. The molecule has 1 unspecified atom stereocenters. The number of ether oxygens (including phenoxy) is 1. The lowest BCUT2D eigenvalue weighted by Gasteiger charge is -2.17. The van der Waals surface area contributed by atoms with Gasteiger partial charge >= 0.3 is 13.5 Å². The predicted molar refractivity (Wildman–Crippen MR) is 76.2 cm³/mol. The van der Waals surface area contributed by atoms with E-state index in [1.807, 2.05) is 0 Å². The summed E-state index contributed by atoms with van der Waals surface area (Å²) < 4.78 is 26.9. The molecule has 0 spiro atoms. The Morgan fingerprint density at radius 1 is 1.43 bits per heavy atom. The number of phosphoric acid groups is 1. The van der Waals surface area contributed by atoms with E-state index >= 15 is 0 Å². The smallest absolute Gasteiger partial charge is 0.387 e. The van der Waals surface area contributed by atoms with Crippen molar-refractivity contribution in [3.8, 4) is 0 Å². The fraction of sp³-hybridized carbons (Fsp3) is 0.636. The van der Waals surface area contributed by atoms with Gasteiger partial charge in [0.15, 0.2) is 6.23 Å². The molecule has 1 fully saturated rings. The number of nitrogen functional groups attached to an aromatic ring is 1. The molecule has 1 aliphatic rings. The number of aromatic nitrogens is 2. The number of aliphatic hydroxyl groups is 2. The molecule has 11 nitrogen and oxygen atoms in total. The Hall–Kier alpha value is -1.33. The summed E-state index contributed by atoms with van der Waals surface area (Å²) in [5.74, 6) is -0.00268. The number of hydrogen-bond donors (Lipinski definition) is 4. The molecule has 5 N–H and O–H groups in total. The number of rotatable bonds is 6. The highest BCUT2D eigenvalue weighted by atomic mass is 31.2. The standard InChI is InChI=1S/C11H18N3O8P/c1-2-20-23(18,19)21-5-6-8(15)9(16)10(22-6)14-4-3-7(12)13-11(14)17/h3-4,6,8-10,15-16H,2,5H2,1H3,(H,18,19)(H2,12,13,17)/t6-,8-,9+,10-/m1/s1. The molecule has 1 aliphatic heterocycles. The highest BCUT2D eigenvalue weighted by molar-refractivity contribution is 7.47. The van der Waals surface area contributed by atoms with Crippen molar-refractivity contribution in [2.24, 2.45) is 0 Å². The van der Waals surface area contributed by atoms with Gasteiger partial charge in [0.2, 0.25) is 0 Å². The van der Waals surface area contributed by atoms with Crippen molar-refractivity contribution in [1.82, 2.24) is 9.55 Å². The number of aliphatic hydroxyl groups excluding tert-OH is 2. The van der Waals surface area contributed by atoms with E-state index < -0.39 is 44.7 Å². The van der Waals surface area contributed by atoms with Gasteiger partial charge in [-0.1, -0.05) is 0 Å². The summed E-state index contributed by atoms with van der Waals surface area (Å²) in [6.07, 6.45) is -4.02. The largest absolute Gasteiger partial charge is 0.472 e. The summed E-state index contributed by atoms with van der Waals surface area (Å²) in [5.41, 5.74) is 4.60. The van der Waals surface area contributed by atoms with Crippen LogP contribution in [0.3, 0.4) is 0 Å². The first-order valence-corrected chi connectivity index (χ1v) is 8.23. The van der Waals surface area contributed by atoms with Crippen molar-refractivity contribution in [2.75, 3.05) is 18.9 Å². The van der Waals surface area contributed by atoms with Crippen molar-refractivity contribution < 1.29 is 33.5 Å².